The Morgan fingerprint density at radius 1 is 1.26 bits per heavy atom. The Morgan fingerprint density at radius 2 is 2.00 bits per heavy atom. The van der Waals surface area contributed by atoms with Gasteiger partial charge in [0.25, 0.3) is 5.56 Å². The molecule has 0 saturated carbocycles. The molecule has 1 aromatic carbocycles. The van der Waals surface area contributed by atoms with Crippen LogP contribution < -0.4 is 10.9 Å². The Kier molecular flexibility index (Phi) is 6.40. The van der Waals surface area contributed by atoms with Gasteiger partial charge in [-0.15, -0.1) is 11.8 Å². The zero-order chi connectivity index (χ0) is 16.7. The van der Waals surface area contributed by atoms with Gasteiger partial charge in [-0.05, 0) is 23.8 Å². The summed E-state index contributed by atoms with van der Waals surface area (Å²) in [4.78, 5) is 24.6. The first-order valence-corrected chi connectivity index (χ1v) is 8.47. The molecule has 0 fully saturated rings. The lowest BCUT2D eigenvalue weighted by Gasteiger charge is -2.08. The number of carbonyl (C=O) groups excluding carboxylic acids is 1. The van der Waals surface area contributed by atoms with Gasteiger partial charge in [0.05, 0.1) is 13.0 Å². The smallest absolute Gasteiger partial charge is 0.266 e. The van der Waals surface area contributed by atoms with E-state index in [9.17, 15) is 9.59 Å². The molecule has 0 aliphatic carbocycles. The Labute approximate surface area is 140 Å². The van der Waals surface area contributed by atoms with Crippen molar-refractivity contribution in [3.8, 4) is 0 Å². The van der Waals surface area contributed by atoms with Crippen LogP contribution in [0.15, 0.2) is 52.3 Å². The van der Waals surface area contributed by atoms with Crippen LogP contribution in [0.25, 0.3) is 0 Å². The van der Waals surface area contributed by atoms with E-state index in [1.165, 1.54) is 15.6 Å². The molecule has 1 heterocycles. The van der Waals surface area contributed by atoms with Crippen molar-refractivity contribution in [3.05, 3.63) is 58.5 Å². The van der Waals surface area contributed by atoms with Crippen molar-refractivity contribution in [2.45, 2.75) is 37.0 Å². The summed E-state index contributed by atoms with van der Waals surface area (Å²) in [5, 5.41) is 7.29. The number of nitrogens with one attached hydrogen (secondary N) is 1. The molecule has 0 unspecified atom stereocenters. The van der Waals surface area contributed by atoms with Gasteiger partial charge in [0, 0.05) is 29.0 Å². The first kappa shape index (κ1) is 17.3. The van der Waals surface area contributed by atoms with Crippen molar-refractivity contribution in [2.24, 2.45) is 0 Å². The van der Waals surface area contributed by atoms with Crippen molar-refractivity contribution < 1.29 is 4.79 Å². The molecule has 0 saturated heterocycles. The first-order valence-electron chi connectivity index (χ1n) is 7.59. The van der Waals surface area contributed by atoms with E-state index in [1.807, 2.05) is 24.3 Å². The van der Waals surface area contributed by atoms with Crippen LogP contribution in [0, 0.1) is 0 Å². The first-order chi connectivity index (χ1) is 11.0. The minimum Gasteiger partial charge on any atom is -0.354 e. The van der Waals surface area contributed by atoms with Crippen molar-refractivity contribution in [1.29, 1.82) is 0 Å². The number of nitrogens with zero attached hydrogens (tertiary/aromatic N) is 2. The summed E-state index contributed by atoms with van der Waals surface area (Å²) >= 11 is 1.80. The lowest BCUT2D eigenvalue weighted by atomic mass is 10.1. The molecular formula is C17H21N3O2S. The highest BCUT2D eigenvalue weighted by Crippen LogP contribution is 2.22. The van der Waals surface area contributed by atoms with Crippen LogP contribution in [0.4, 0.5) is 0 Å². The third-order valence-corrected chi connectivity index (χ3v) is 4.11. The highest BCUT2D eigenvalue weighted by molar-refractivity contribution is 7.99. The number of aromatic nitrogens is 2. The number of hydrogen-bond donors (Lipinski definition) is 1. The number of benzene rings is 1. The van der Waals surface area contributed by atoms with Gasteiger partial charge in [0.2, 0.25) is 5.91 Å². The molecule has 0 radical (unpaired) electrons. The van der Waals surface area contributed by atoms with E-state index < -0.39 is 0 Å². The van der Waals surface area contributed by atoms with Crippen LogP contribution in [-0.2, 0) is 17.8 Å². The molecule has 1 N–H and O–H groups in total. The normalized spacial score (nSPS) is 10.7. The zero-order valence-electron chi connectivity index (χ0n) is 13.4. The van der Waals surface area contributed by atoms with E-state index in [2.05, 4.69) is 24.3 Å². The monoisotopic (exact) mass is 331 g/mol. The number of carbonyl (C=O) groups is 1. The second-order valence-electron chi connectivity index (χ2n) is 5.42. The van der Waals surface area contributed by atoms with Gasteiger partial charge in [-0.2, -0.15) is 5.10 Å². The van der Waals surface area contributed by atoms with Crippen molar-refractivity contribution >= 4 is 17.7 Å². The van der Waals surface area contributed by atoms with Crippen molar-refractivity contribution in [3.63, 3.8) is 0 Å². The minimum absolute atomic E-state index is 0.0572. The van der Waals surface area contributed by atoms with E-state index in [4.69, 9.17) is 0 Å². The summed E-state index contributed by atoms with van der Waals surface area (Å²) in [6, 6.07) is 11.1. The molecule has 0 aliphatic rings. The summed E-state index contributed by atoms with van der Waals surface area (Å²) in [5.41, 5.74) is 0.811. The molecule has 6 heteroatoms. The maximum Gasteiger partial charge on any atom is 0.266 e. The highest BCUT2D eigenvalue weighted by Gasteiger charge is 2.04. The van der Waals surface area contributed by atoms with Gasteiger partial charge in [0.1, 0.15) is 0 Å². The Morgan fingerprint density at radius 3 is 2.65 bits per heavy atom. The molecule has 122 valence electrons. The van der Waals surface area contributed by atoms with Crippen LogP contribution in [0.1, 0.15) is 19.4 Å². The summed E-state index contributed by atoms with van der Waals surface area (Å²) in [7, 11) is 0. The largest absolute Gasteiger partial charge is 0.354 e. The van der Waals surface area contributed by atoms with Crippen LogP contribution in [0.5, 0.6) is 0 Å². The zero-order valence-corrected chi connectivity index (χ0v) is 14.2. The molecule has 5 nitrogen and oxygen atoms in total. The number of thioether (sulfide) groups is 1. The third-order valence-electron chi connectivity index (χ3n) is 3.09. The van der Waals surface area contributed by atoms with Crippen LogP contribution in [0.2, 0.25) is 0 Å². The van der Waals surface area contributed by atoms with E-state index in [-0.39, 0.29) is 11.5 Å². The summed E-state index contributed by atoms with van der Waals surface area (Å²) in [5.74, 6) is -0.0572. The molecular weight excluding hydrogens is 310 g/mol. The van der Waals surface area contributed by atoms with E-state index >= 15 is 0 Å². The average molecular weight is 331 g/mol. The van der Waals surface area contributed by atoms with Gasteiger partial charge in [0.15, 0.2) is 0 Å². The third kappa shape index (κ3) is 5.90. The molecule has 0 bridgehead atoms. The summed E-state index contributed by atoms with van der Waals surface area (Å²) < 4.78 is 1.33. The van der Waals surface area contributed by atoms with Crippen molar-refractivity contribution in [1.82, 2.24) is 15.1 Å². The molecule has 0 aliphatic heterocycles. The van der Waals surface area contributed by atoms with Gasteiger partial charge in [-0.25, -0.2) is 4.68 Å². The number of hydrogen-bond acceptors (Lipinski definition) is 4. The van der Waals surface area contributed by atoms with Crippen molar-refractivity contribution in [2.75, 3.05) is 6.54 Å². The molecule has 0 spiro atoms. The summed E-state index contributed by atoms with van der Waals surface area (Å²) in [6.45, 7) is 5.06. The second kappa shape index (κ2) is 8.53. The maximum atomic E-state index is 11.9. The Bertz CT molecular complexity index is 695. The van der Waals surface area contributed by atoms with Crippen LogP contribution in [-0.4, -0.2) is 27.5 Å². The van der Waals surface area contributed by atoms with Gasteiger partial charge >= 0.3 is 0 Å². The number of rotatable bonds is 7. The lowest BCUT2D eigenvalue weighted by molar-refractivity contribution is -0.120. The molecule has 1 amide bonds. The predicted octanol–water partition coefficient (Wildman–Crippen LogP) is 2.10. The van der Waals surface area contributed by atoms with Gasteiger partial charge in [-0.3, -0.25) is 9.59 Å². The fourth-order valence-corrected chi connectivity index (χ4v) is 2.90. The molecule has 2 aromatic rings. The topological polar surface area (TPSA) is 64.0 Å². The molecule has 1 aromatic heterocycles. The predicted molar refractivity (Wildman–Crippen MR) is 92.6 cm³/mol. The van der Waals surface area contributed by atoms with E-state index in [0.717, 1.165) is 5.56 Å². The van der Waals surface area contributed by atoms with Gasteiger partial charge in [-0.1, -0.05) is 26.0 Å². The SMILES string of the molecule is CC(C)Sc1ccc(CC(=O)NCCn2ncccc2=O)cc1. The number of amides is 1. The second-order valence-corrected chi connectivity index (χ2v) is 7.07. The fraction of sp³-hybridized carbons (Fsp3) is 0.353. The minimum atomic E-state index is -0.167. The van der Waals surface area contributed by atoms with Gasteiger partial charge < -0.3 is 5.32 Å². The van der Waals surface area contributed by atoms with E-state index in [0.29, 0.717) is 24.8 Å². The molecule has 2 rings (SSSR count). The molecule has 23 heavy (non-hydrogen) atoms. The maximum absolute atomic E-state index is 11.9. The summed E-state index contributed by atoms with van der Waals surface area (Å²) in [6.07, 6.45) is 1.89. The standard InChI is InChI=1S/C17H21N3O2S/c1-13(2)23-15-7-5-14(6-8-15)12-16(21)18-10-11-20-17(22)4-3-9-19-20/h3-9,13H,10-12H2,1-2H3,(H,18,21). The van der Waals surface area contributed by atoms with Crippen LogP contribution >= 0.6 is 11.8 Å². The molecule has 0 atom stereocenters. The van der Waals surface area contributed by atoms with Crippen LogP contribution in [0.3, 0.4) is 0 Å². The fourth-order valence-electron chi connectivity index (χ4n) is 2.06. The van der Waals surface area contributed by atoms with E-state index in [1.54, 1.807) is 24.0 Å². The Balaban J connectivity index is 1.78. The quantitative estimate of drug-likeness (QED) is 0.789. The average Bonchev–Trinajstić information content (AvgIpc) is 2.51. The Hall–Kier alpha value is -2.08. The highest BCUT2D eigenvalue weighted by atomic mass is 32.2. The lowest BCUT2D eigenvalue weighted by Crippen LogP contribution is -2.32.